The molecule has 1 aromatic carbocycles. The minimum absolute atomic E-state index is 0. The lowest BCUT2D eigenvalue weighted by Gasteiger charge is -1.94. The molecular weight excluding hydrogens is 222 g/mol. The summed E-state index contributed by atoms with van der Waals surface area (Å²) in [4.78, 5) is 0. The van der Waals surface area contributed by atoms with E-state index in [1.165, 1.54) is 6.08 Å². The zero-order valence-electron chi connectivity index (χ0n) is 7.67. The number of rotatable bonds is 2. The minimum atomic E-state index is -3.06. The Labute approximate surface area is 90.0 Å². The van der Waals surface area contributed by atoms with E-state index in [0.29, 0.717) is 5.69 Å². The van der Waals surface area contributed by atoms with Crippen LogP contribution in [0.15, 0.2) is 29.7 Å². The van der Waals surface area contributed by atoms with Gasteiger partial charge in [-0.2, -0.15) is 0 Å². The Morgan fingerprint density at radius 1 is 1.36 bits per heavy atom. The van der Waals surface area contributed by atoms with Gasteiger partial charge < -0.3 is 5.73 Å². The van der Waals surface area contributed by atoms with E-state index in [9.17, 15) is 8.42 Å². The lowest BCUT2D eigenvalue weighted by atomic mass is 10.2. The molecule has 0 saturated carbocycles. The molecule has 1 aromatic rings. The molecule has 0 spiro atoms. The summed E-state index contributed by atoms with van der Waals surface area (Å²) in [5.41, 5.74) is 6.92. The van der Waals surface area contributed by atoms with Crippen molar-refractivity contribution in [3.8, 4) is 0 Å². The summed E-state index contributed by atoms with van der Waals surface area (Å²) in [7, 11) is -3.06. The van der Waals surface area contributed by atoms with Gasteiger partial charge in [0.25, 0.3) is 0 Å². The lowest BCUT2D eigenvalue weighted by molar-refractivity contribution is 0.610. The van der Waals surface area contributed by atoms with Crippen LogP contribution in [-0.4, -0.2) is 14.7 Å². The van der Waals surface area contributed by atoms with Gasteiger partial charge in [-0.1, -0.05) is 12.1 Å². The fourth-order valence-electron chi connectivity index (χ4n) is 0.865. The highest BCUT2D eigenvalue weighted by Gasteiger charge is 1.93. The maximum Gasteiger partial charge on any atom is 0.168 e. The van der Waals surface area contributed by atoms with Crippen LogP contribution in [0.4, 0.5) is 5.69 Å². The third-order valence-electron chi connectivity index (χ3n) is 1.42. The monoisotopic (exact) mass is 233 g/mol. The van der Waals surface area contributed by atoms with Gasteiger partial charge in [0.15, 0.2) is 9.84 Å². The topological polar surface area (TPSA) is 60.2 Å². The standard InChI is InChI=1S/C9H11NO2S.ClH/c1-13(11,12)6-5-8-3-2-4-9(10)7-8;/h2-7H,10H2,1H3;1H/b6-5+;. The minimum Gasteiger partial charge on any atom is -0.399 e. The average Bonchev–Trinajstić information content (AvgIpc) is 2.00. The third kappa shape index (κ3) is 4.89. The quantitative estimate of drug-likeness (QED) is 0.791. The number of anilines is 1. The Morgan fingerprint density at radius 2 is 2.00 bits per heavy atom. The van der Waals surface area contributed by atoms with Gasteiger partial charge in [0, 0.05) is 17.4 Å². The SMILES string of the molecule is CS(=O)(=O)/C=C/c1cccc(N)c1.Cl. The van der Waals surface area contributed by atoms with Gasteiger partial charge in [0.2, 0.25) is 0 Å². The molecule has 2 N–H and O–H groups in total. The first-order valence-electron chi connectivity index (χ1n) is 3.71. The zero-order chi connectivity index (χ0) is 9.90. The van der Waals surface area contributed by atoms with E-state index in [-0.39, 0.29) is 12.4 Å². The molecule has 0 fully saturated rings. The first-order valence-corrected chi connectivity index (χ1v) is 5.66. The van der Waals surface area contributed by atoms with Crippen molar-refractivity contribution in [2.75, 3.05) is 12.0 Å². The molecule has 0 saturated heterocycles. The molecule has 0 heterocycles. The van der Waals surface area contributed by atoms with Crippen LogP contribution in [0.2, 0.25) is 0 Å². The Bertz CT molecular complexity index is 426. The highest BCUT2D eigenvalue weighted by molar-refractivity contribution is 7.93. The molecule has 14 heavy (non-hydrogen) atoms. The Balaban J connectivity index is 0.00000169. The van der Waals surface area contributed by atoms with Gasteiger partial charge >= 0.3 is 0 Å². The molecular formula is C9H12ClNO2S. The number of nitrogen functional groups attached to an aromatic ring is 1. The molecule has 0 aliphatic heterocycles. The summed E-state index contributed by atoms with van der Waals surface area (Å²) in [6.07, 6.45) is 2.67. The fraction of sp³-hybridized carbons (Fsp3) is 0.111. The van der Waals surface area contributed by atoms with Gasteiger partial charge in [-0.25, -0.2) is 8.42 Å². The summed E-state index contributed by atoms with van der Waals surface area (Å²) in [5, 5.41) is 1.15. The fourth-order valence-corrected chi connectivity index (χ4v) is 1.27. The molecule has 5 heteroatoms. The van der Waals surface area contributed by atoms with Crippen molar-refractivity contribution in [1.82, 2.24) is 0 Å². The predicted octanol–water partition coefficient (Wildman–Crippen LogP) is 1.71. The van der Waals surface area contributed by atoms with Gasteiger partial charge in [-0.3, -0.25) is 0 Å². The van der Waals surface area contributed by atoms with Crippen LogP contribution < -0.4 is 5.73 Å². The summed E-state index contributed by atoms with van der Waals surface area (Å²) in [6, 6.07) is 7.02. The summed E-state index contributed by atoms with van der Waals surface area (Å²) in [5.74, 6) is 0. The van der Waals surface area contributed by atoms with E-state index in [2.05, 4.69) is 0 Å². The maximum absolute atomic E-state index is 10.8. The van der Waals surface area contributed by atoms with Crippen molar-refractivity contribution >= 4 is 34.0 Å². The Morgan fingerprint density at radius 3 is 2.50 bits per heavy atom. The largest absolute Gasteiger partial charge is 0.399 e. The van der Waals surface area contributed by atoms with Gasteiger partial charge in [0.05, 0.1) is 0 Å². The molecule has 1 rings (SSSR count). The number of nitrogens with two attached hydrogens (primary N) is 1. The summed E-state index contributed by atoms with van der Waals surface area (Å²) >= 11 is 0. The number of halogens is 1. The average molecular weight is 234 g/mol. The van der Waals surface area contributed by atoms with Crippen molar-refractivity contribution in [3.63, 3.8) is 0 Å². The number of sulfone groups is 1. The molecule has 0 atom stereocenters. The molecule has 78 valence electrons. The zero-order valence-corrected chi connectivity index (χ0v) is 9.31. The highest BCUT2D eigenvalue weighted by Crippen LogP contribution is 2.08. The second kappa shape index (κ2) is 5.02. The van der Waals surface area contributed by atoms with E-state index >= 15 is 0 Å². The predicted molar refractivity (Wildman–Crippen MR) is 62.0 cm³/mol. The number of hydrogen-bond donors (Lipinski definition) is 1. The van der Waals surface area contributed by atoms with E-state index in [0.717, 1.165) is 17.2 Å². The van der Waals surface area contributed by atoms with Crippen LogP contribution in [0.1, 0.15) is 5.56 Å². The second-order valence-electron chi connectivity index (χ2n) is 2.80. The molecule has 0 aliphatic carbocycles. The van der Waals surface area contributed by atoms with E-state index in [1.807, 2.05) is 0 Å². The van der Waals surface area contributed by atoms with Crippen molar-refractivity contribution in [2.24, 2.45) is 0 Å². The highest BCUT2D eigenvalue weighted by atomic mass is 35.5. The summed E-state index contributed by atoms with van der Waals surface area (Å²) < 4.78 is 21.5. The van der Waals surface area contributed by atoms with Crippen molar-refractivity contribution in [3.05, 3.63) is 35.2 Å². The van der Waals surface area contributed by atoms with Crippen LogP contribution in [-0.2, 0) is 9.84 Å². The van der Waals surface area contributed by atoms with Crippen molar-refractivity contribution in [1.29, 1.82) is 0 Å². The van der Waals surface area contributed by atoms with Crippen molar-refractivity contribution in [2.45, 2.75) is 0 Å². The first-order chi connectivity index (χ1) is 5.97. The molecule has 0 aliphatic rings. The molecule has 0 amide bonds. The Kier molecular flexibility index (Phi) is 4.67. The smallest absolute Gasteiger partial charge is 0.168 e. The van der Waals surface area contributed by atoms with Gasteiger partial charge in [-0.15, -0.1) is 12.4 Å². The van der Waals surface area contributed by atoms with E-state index in [4.69, 9.17) is 5.73 Å². The molecule has 0 radical (unpaired) electrons. The molecule has 0 unspecified atom stereocenters. The first kappa shape index (κ1) is 13.0. The molecule has 0 bridgehead atoms. The summed E-state index contributed by atoms with van der Waals surface area (Å²) in [6.45, 7) is 0. The molecule has 0 aromatic heterocycles. The normalized spacial score (nSPS) is 11.2. The van der Waals surface area contributed by atoms with Crippen LogP contribution in [0.5, 0.6) is 0 Å². The third-order valence-corrected chi connectivity index (χ3v) is 2.05. The maximum atomic E-state index is 10.8. The van der Waals surface area contributed by atoms with E-state index < -0.39 is 9.84 Å². The van der Waals surface area contributed by atoms with Gasteiger partial charge in [-0.05, 0) is 23.8 Å². The van der Waals surface area contributed by atoms with Crippen molar-refractivity contribution < 1.29 is 8.42 Å². The second-order valence-corrected chi connectivity index (χ2v) is 4.73. The van der Waals surface area contributed by atoms with Crippen LogP contribution in [0.3, 0.4) is 0 Å². The number of hydrogen-bond acceptors (Lipinski definition) is 3. The van der Waals surface area contributed by atoms with Crippen LogP contribution in [0, 0.1) is 0 Å². The van der Waals surface area contributed by atoms with Gasteiger partial charge in [0.1, 0.15) is 0 Å². The van der Waals surface area contributed by atoms with E-state index in [1.54, 1.807) is 24.3 Å². The number of benzene rings is 1. The molecule has 3 nitrogen and oxygen atoms in total. The Hall–Kier alpha value is -1.00. The van der Waals surface area contributed by atoms with Crippen LogP contribution in [0.25, 0.3) is 6.08 Å². The lowest BCUT2D eigenvalue weighted by Crippen LogP contribution is -1.88. The van der Waals surface area contributed by atoms with Crippen LogP contribution >= 0.6 is 12.4 Å².